The van der Waals surface area contributed by atoms with Gasteiger partial charge in [0.05, 0.1) is 16.3 Å². The Hall–Kier alpha value is -4.10. The second kappa shape index (κ2) is 15.1. The van der Waals surface area contributed by atoms with Crippen LogP contribution in [-0.2, 0) is 9.59 Å². The largest absolute Gasteiger partial charge is 0.397 e. The van der Waals surface area contributed by atoms with Crippen molar-refractivity contribution in [1.82, 2.24) is 0 Å². The van der Waals surface area contributed by atoms with Gasteiger partial charge in [0.1, 0.15) is 5.69 Å². The Balaban J connectivity index is 0.000000241. The molecule has 0 aliphatic heterocycles. The summed E-state index contributed by atoms with van der Waals surface area (Å²) in [6.45, 7) is 3.80. The molecule has 2 aliphatic rings. The van der Waals surface area contributed by atoms with Crippen molar-refractivity contribution in [2.24, 2.45) is 11.8 Å². The van der Waals surface area contributed by atoms with Gasteiger partial charge in [-0.3, -0.25) is 19.7 Å². The summed E-state index contributed by atoms with van der Waals surface area (Å²) in [6.07, 6.45) is 1.53. The van der Waals surface area contributed by atoms with Gasteiger partial charge in [-0.05, 0) is 67.9 Å². The van der Waals surface area contributed by atoms with Crippen LogP contribution in [0.3, 0.4) is 0 Å². The first kappa shape index (κ1) is 34.4. The van der Waals surface area contributed by atoms with E-state index >= 15 is 0 Å². The maximum Gasteiger partial charge on any atom is 0.294 e. The molecule has 0 heterocycles. The topological polar surface area (TPSA) is 151 Å². The molecule has 0 aromatic heterocycles. The zero-order valence-corrected chi connectivity index (χ0v) is 24.9. The summed E-state index contributed by atoms with van der Waals surface area (Å²) in [4.78, 5) is 32.6. The summed E-state index contributed by atoms with van der Waals surface area (Å²) in [5.74, 6) is -5.22. The zero-order chi connectivity index (χ0) is 32.5. The quantitative estimate of drug-likeness (QED) is 0.0853. The minimum Gasteiger partial charge on any atom is -0.397 e. The molecule has 4 rings (SSSR count). The van der Waals surface area contributed by atoms with Crippen LogP contribution in [0.2, 0.25) is 0 Å². The normalized spacial score (nSPS) is 17.9. The van der Waals surface area contributed by atoms with Gasteiger partial charge in [0.25, 0.3) is 5.69 Å². The van der Waals surface area contributed by atoms with Crippen LogP contribution in [0.1, 0.15) is 65.2 Å². The maximum atomic E-state index is 13.1. The van der Waals surface area contributed by atoms with Gasteiger partial charge in [0.2, 0.25) is 23.7 Å². The Labute approximate surface area is 253 Å². The molecule has 44 heavy (non-hydrogen) atoms. The number of benzene rings is 2. The Morgan fingerprint density at radius 1 is 0.795 bits per heavy atom. The molecule has 0 radical (unpaired) electrons. The van der Waals surface area contributed by atoms with E-state index in [1.165, 1.54) is 26.0 Å². The third kappa shape index (κ3) is 11.2. The van der Waals surface area contributed by atoms with Gasteiger partial charge < -0.3 is 27.0 Å². The lowest BCUT2D eigenvalue weighted by Gasteiger charge is -2.28. The number of nitrogens with one attached hydrogen (secondary N) is 4. The summed E-state index contributed by atoms with van der Waals surface area (Å²) in [6, 6.07) is 9.58. The first-order valence-corrected chi connectivity index (χ1v) is 14.6. The molecule has 2 aliphatic carbocycles. The van der Waals surface area contributed by atoms with Gasteiger partial charge in [0, 0.05) is 70.1 Å². The van der Waals surface area contributed by atoms with Crippen molar-refractivity contribution in [2.45, 2.75) is 77.1 Å². The summed E-state index contributed by atoms with van der Waals surface area (Å²) < 4.78 is 52.4. The number of nitrogens with zero attached hydrogens (tertiary/aromatic N) is 1. The van der Waals surface area contributed by atoms with E-state index in [4.69, 9.17) is 5.73 Å². The summed E-state index contributed by atoms with van der Waals surface area (Å²) >= 11 is 0. The van der Waals surface area contributed by atoms with Crippen molar-refractivity contribution in [3.05, 3.63) is 46.5 Å². The number of alkyl halides is 4. The van der Waals surface area contributed by atoms with Crippen molar-refractivity contribution in [3.8, 4) is 0 Å². The highest BCUT2D eigenvalue weighted by molar-refractivity contribution is 5.90. The molecule has 0 unspecified atom stereocenters. The number of rotatable bonds is 9. The van der Waals surface area contributed by atoms with E-state index in [9.17, 15) is 37.3 Å². The molecule has 2 saturated carbocycles. The standard InChI is InChI=1S/C15H19F2N3O3.C15H21F2N3O/c1-10(21)19-12-2-3-13(14(8-12)20(22)23)18-9-11-4-6-15(16,17)7-5-11;1-10(21)20-12-2-3-14(13(18)8-12)19-9-11-4-6-15(16,17)7-5-11/h2-3,8,11,18H,4-7,9H2,1H3,(H,19,21);2-3,8,11,19H,4-7,9,18H2,1H3,(H,20,21). The molecule has 0 spiro atoms. The molecular weight excluding hydrogens is 584 g/mol. The van der Waals surface area contributed by atoms with Crippen molar-refractivity contribution < 1.29 is 32.1 Å². The van der Waals surface area contributed by atoms with Crippen molar-refractivity contribution >= 4 is 45.9 Å². The lowest BCUT2D eigenvalue weighted by Crippen LogP contribution is -2.28. The van der Waals surface area contributed by atoms with Crippen LogP contribution in [0, 0.1) is 22.0 Å². The van der Waals surface area contributed by atoms with E-state index in [1.54, 1.807) is 24.3 Å². The number of nitrogen functional groups attached to an aromatic ring is 1. The minimum absolute atomic E-state index is 0.0315. The number of hydrogen-bond donors (Lipinski definition) is 5. The number of amides is 2. The van der Waals surface area contributed by atoms with E-state index in [2.05, 4.69) is 21.3 Å². The number of anilines is 5. The van der Waals surface area contributed by atoms with E-state index in [-0.39, 0.29) is 55.0 Å². The third-order valence-corrected chi connectivity index (χ3v) is 7.72. The second-order valence-electron chi connectivity index (χ2n) is 11.5. The van der Waals surface area contributed by atoms with Crippen LogP contribution < -0.4 is 27.0 Å². The van der Waals surface area contributed by atoms with Crippen LogP contribution in [0.4, 0.5) is 51.7 Å². The average molecular weight is 625 g/mol. The highest BCUT2D eigenvalue weighted by Gasteiger charge is 2.35. The van der Waals surface area contributed by atoms with Crippen LogP contribution in [0.5, 0.6) is 0 Å². The molecule has 14 heteroatoms. The Bertz CT molecular complexity index is 1310. The van der Waals surface area contributed by atoms with Gasteiger partial charge in [0.15, 0.2) is 0 Å². The molecule has 0 saturated heterocycles. The highest BCUT2D eigenvalue weighted by Crippen LogP contribution is 2.38. The SMILES string of the molecule is CC(=O)Nc1ccc(NCC2CCC(F)(F)CC2)c(N)c1.CC(=O)Nc1ccc(NCC2CCC(F)(F)CC2)c([N+](=O)[O-])c1. The zero-order valence-electron chi connectivity index (χ0n) is 24.9. The van der Waals surface area contributed by atoms with Crippen LogP contribution in [0.15, 0.2) is 36.4 Å². The van der Waals surface area contributed by atoms with Crippen LogP contribution >= 0.6 is 0 Å². The highest BCUT2D eigenvalue weighted by atomic mass is 19.3. The van der Waals surface area contributed by atoms with E-state index < -0.39 is 16.8 Å². The second-order valence-corrected chi connectivity index (χ2v) is 11.5. The Morgan fingerprint density at radius 2 is 1.20 bits per heavy atom. The van der Waals surface area contributed by atoms with Gasteiger partial charge in [-0.15, -0.1) is 0 Å². The fourth-order valence-electron chi connectivity index (χ4n) is 5.23. The molecule has 2 amide bonds. The monoisotopic (exact) mass is 624 g/mol. The number of halogens is 4. The molecule has 2 aromatic carbocycles. The van der Waals surface area contributed by atoms with E-state index in [0.29, 0.717) is 61.5 Å². The van der Waals surface area contributed by atoms with E-state index in [0.717, 1.165) is 5.69 Å². The smallest absolute Gasteiger partial charge is 0.294 e. The fourth-order valence-corrected chi connectivity index (χ4v) is 5.23. The molecule has 2 fully saturated rings. The van der Waals surface area contributed by atoms with Crippen molar-refractivity contribution in [1.29, 1.82) is 0 Å². The number of carbonyl (C=O) groups is 2. The number of carbonyl (C=O) groups excluding carboxylic acids is 2. The first-order chi connectivity index (χ1) is 20.6. The average Bonchev–Trinajstić information content (AvgIpc) is 2.93. The predicted octanol–water partition coefficient (Wildman–Crippen LogP) is 7.26. The maximum absolute atomic E-state index is 13.1. The van der Waals surface area contributed by atoms with Gasteiger partial charge in [-0.25, -0.2) is 17.6 Å². The number of nitro benzene ring substituents is 1. The summed E-state index contributed by atoms with van der Waals surface area (Å²) in [5.41, 5.74) is 8.36. The lowest BCUT2D eigenvalue weighted by atomic mass is 9.87. The molecular formula is C30H40F4N6O4. The Morgan fingerprint density at radius 3 is 1.61 bits per heavy atom. The van der Waals surface area contributed by atoms with Crippen molar-refractivity contribution in [3.63, 3.8) is 0 Å². The fraction of sp³-hybridized carbons (Fsp3) is 0.533. The van der Waals surface area contributed by atoms with Gasteiger partial charge >= 0.3 is 0 Å². The summed E-state index contributed by atoms with van der Waals surface area (Å²) in [7, 11) is 0. The van der Waals surface area contributed by atoms with Crippen LogP contribution in [0.25, 0.3) is 0 Å². The van der Waals surface area contributed by atoms with E-state index in [1.807, 2.05) is 0 Å². The summed E-state index contributed by atoms with van der Waals surface area (Å²) in [5, 5.41) is 22.5. The molecule has 242 valence electrons. The first-order valence-electron chi connectivity index (χ1n) is 14.6. The molecule has 2 aromatic rings. The molecule has 6 N–H and O–H groups in total. The molecule has 0 bridgehead atoms. The third-order valence-electron chi connectivity index (χ3n) is 7.72. The van der Waals surface area contributed by atoms with Crippen LogP contribution in [-0.4, -0.2) is 41.7 Å². The molecule has 10 nitrogen and oxygen atoms in total. The minimum atomic E-state index is -2.58. The number of nitrogens with two attached hydrogens (primary N) is 1. The number of hydrogen-bond acceptors (Lipinski definition) is 7. The van der Waals surface area contributed by atoms with Crippen molar-refractivity contribution in [2.75, 3.05) is 40.1 Å². The van der Waals surface area contributed by atoms with Gasteiger partial charge in [-0.2, -0.15) is 0 Å². The predicted molar refractivity (Wildman–Crippen MR) is 163 cm³/mol. The van der Waals surface area contributed by atoms with Gasteiger partial charge in [-0.1, -0.05) is 0 Å². The Kier molecular flexibility index (Phi) is 11.8. The lowest BCUT2D eigenvalue weighted by molar-refractivity contribution is -0.383. The number of nitro groups is 1. The molecule has 0 atom stereocenters.